The van der Waals surface area contributed by atoms with Crippen molar-refractivity contribution in [2.45, 2.75) is 59.4 Å². The minimum atomic E-state index is -0.0883. The number of piperidine rings is 1. The van der Waals surface area contributed by atoms with Crippen molar-refractivity contribution in [3.63, 3.8) is 0 Å². The summed E-state index contributed by atoms with van der Waals surface area (Å²) in [5, 5.41) is 2.99. The highest BCUT2D eigenvalue weighted by Crippen LogP contribution is 2.25. The monoisotopic (exact) mass is 384 g/mol. The number of hydrogen-bond acceptors (Lipinski definition) is 3. The van der Waals surface area contributed by atoms with Gasteiger partial charge in [0.15, 0.2) is 0 Å². The quantitative estimate of drug-likeness (QED) is 0.788. The van der Waals surface area contributed by atoms with E-state index in [1.165, 1.54) is 28.2 Å². The van der Waals surface area contributed by atoms with Gasteiger partial charge in [-0.15, -0.1) is 11.3 Å². The van der Waals surface area contributed by atoms with E-state index in [0.29, 0.717) is 11.6 Å². The van der Waals surface area contributed by atoms with E-state index in [4.69, 9.17) is 0 Å². The number of aryl methyl sites for hydroxylation is 3. The minimum Gasteiger partial charge on any atom is -0.336 e. The highest BCUT2D eigenvalue weighted by atomic mass is 32.1. The lowest BCUT2D eigenvalue weighted by Crippen LogP contribution is -2.42. The van der Waals surface area contributed by atoms with Crippen molar-refractivity contribution in [1.29, 1.82) is 0 Å². The first-order chi connectivity index (χ1) is 12.9. The Bertz CT molecular complexity index is 856. The first-order valence-corrected chi connectivity index (χ1v) is 10.5. The molecule has 1 fully saturated rings. The fraction of sp³-hybridized carbons (Fsp3) is 0.455. The Labute approximate surface area is 165 Å². The molecule has 144 valence electrons. The van der Waals surface area contributed by atoms with E-state index in [1.807, 2.05) is 43.0 Å². The van der Waals surface area contributed by atoms with Gasteiger partial charge in [0.05, 0.1) is 4.88 Å². The molecule has 1 saturated heterocycles. The first kappa shape index (κ1) is 19.6. The molecule has 0 spiro atoms. The summed E-state index contributed by atoms with van der Waals surface area (Å²) in [4.78, 5) is 29.3. The van der Waals surface area contributed by atoms with Crippen molar-refractivity contribution in [2.24, 2.45) is 0 Å². The summed E-state index contributed by atoms with van der Waals surface area (Å²) in [5.74, 6) is -0.000671. The number of hydrogen-bond donors (Lipinski definition) is 1. The predicted octanol–water partition coefficient (Wildman–Crippen LogP) is 5.19. The van der Waals surface area contributed by atoms with Crippen LogP contribution in [0.1, 0.15) is 69.1 Å². The molecule has 27 heavy (non-hydrogen) atoms. The van der Waals surface area contributed by atoms with E-state index >= 15 is 0 Å². The van der Waals surface area contributed by atoms with Crippen LogP contribution in [0.15, 0.2) is 24.3 Å². The van der Waals surface area contributed by atoms with Crippen molar-refractivity contribution in [3.8, 4) is 0 Å². The van der Waals surface area contributed by atoms with Crippen molar-refractivity contribution >= 4 is 28.8 Å². The highest BCUT2D eigenvalue weighted by Gasteiger charge is 2.24. The molecule has 0 radical (unpaired) electrons. The van der Waals surface area contributed by atoms with Gasteiger partial charge in [-0.25, -0.2) is 0 Å². The van der Waals surface area contributed by atoms with Gasteiger partial charge in [0.2, 0.25) is 0 Å². The smallest absolute Gasteiger partial charge is 0.265 e. The van der Waals surface area contributed by atoms with E-state index in [0.717, 1.165) is 41.9 Å². The molecule has 0 saturated carbocycles. The molecule has 1 N–H and O–H groups in total. The van der Waals surface area contributed by atoms with Gasteiger partial charge in [-0.1, -0.05) is 6.92 Å². The average molecular weight is 385 g/mol. The number of likely N-dealkylation sites (tertiary alicyclic amines) is 1. The Morgan fingerprint density at radius 1 is 1.22 bits per heavy atom. The van der Waals surface area contributed by atoms with Gasteiger partial charge < -0.3 is 10.2 Å². The third-order valence-corrected chi connectivity index (χ3v) is 6.50. The van der Waals surface area contributed by atoms with Crippen molar-refractivity contribution in [1.82, 2.24) is 4.90 Å². The Kier molecular flexibility index (Phi) is 6.00. The second-order valence-corrected chi connectivity index (χ2v) is 8.63. The van der Waals surface area contributed by atoms with Gasteiger partial charge >= 0.3 is 0 Å². The second-order valence-electron chi connectivity index (χ2n) is 7.37. The van der Waals surface area contributed by atoms with Crippen LogP contribution in [-0.4, -0.2) is 29.3 Å². The summed E-state index contributed by atoms with van der Waals surface area (Å²) < 4.78 is 0. The van der Waals surface area contributed by atoms with Crippen LogP contribution in [-0.2, 0) is 6.42 Å². The molecular weight excluding hydrogens is 356 g/mol. The summed E-state index contributed by atoms with van der Waals surface area (Å²) in [7, 11) is 0. The van der Waals surface area contributed by atoms with Crippen LogP contribution in [0.25, 0.3) is 0 Å². The van der Waals surface area contributed by atoms with Crippen LogP contribution in [0.5, 0.6) is 0 Å². The lowest BCUT2D eigenvalue weighted by molar-refractivity contribution is 0.0635. The predicted molar refractivity (Wildman–Crippen MR) is 112 cm³/mol. The molecule has 2 heterocycles. The maximum absolute atomic E-state index is 12.8. The van der Waals surface area contributed by atoms with Gasteiger partial charge in [0, 0.05) is 28.7 Å². The summed E-state index contributed by atoms with van der Waals surface area (Å²) in [5.41, 5.74) is 3.58. The number of benzene rings is 1. The number of thiophene rings is 1. The number of anilines is 1. The van der Waals surface area contributed by atoms with Crippen molar-refractivity contribution in [3.05, 3.63) is 50.7 Å². The zero-order valence-electron chi connectivity index (χ0n) is 16.6. The largest absolute Gasteiger partial charge is 0.336 e. The van der Waals surface area contributed by atoms with Crippen molar-refractivity contribution < 1.29 is 9.59 Å². The number of rotatable bonds is 4. The van der Waals surface area contributed by atoms with Crippen LogP contribution < -0.4 is 5.32 Å². The molecule has 1 aliphatic heterocycles. The number of nitrogens with one attached hydrogen (secondary N) is 1. The topological polar surface area (TPSA) is 49.4 Å². The standard InChI is InChI=1S/C22H28N2O2S/c1-5-17-13-20(27-16(17)4)21(25)23-19-10-9-18(12-14(19)2)22(26)24-11-7-6-8-15(24)3/h9-10,12-13,15H,5-8,11H2,1-4H3,(H,23,25). The number of carbonyl (C=O) groups is 2. The molecule has 4 nitrogen and oxygen atoms in total. The molecule has 1 aromatic heterocycles. The summed E-state index contributed by atoms with van der Waals surface area (Å²) in [6.07, 6.45) is 4.26. The van der Waals surface area contributed by atoms with E-state index in [2.05, 4.69) is 19.2 Å². The molecule has 0 bridgehead atoms. The fourth-order valence-corrected chi connectivity index (χ4v) is 4.68. The number of carbonyl (C=O) groups excluding carboxylic acids is 2. The Balaban J connectivity index is 1.74. The third kappa shape index (κ3) is 4.24. The van der Waals surface area contributed by atoms with Crippen LogP contribution in [0.3, 0.4) is 0 Å². The van der Waals surface area contributed by atoms with Crippen LogP contribution in [0.4, 0.5) is 5.69 Å². The summed E-state index contributed by atoms with van der Waals surface area (Å²) in [6, 6.07) is 7.82. The second kappa shape index (κ2) is 8.26. The maximum Gasteiger partial charge on any atom is 0.265 e. The third-order valence-electron chi connectivity index (χ3n) is 5.41. The van der Waals surface area contributed by atoms with Crippen LogP contribution in [0, 0.1) is 13.8 Å². The first-order valence-electron chi connectivity index (χ1n) is 9.73. The number of amides is 2. The Hall–Kier alpha value is -2.14. The van der Waals surface area contributed by atoms with Crippen LogP contribution in [0.2, 0.25) is 0 Å². The van der Waals surface area contributed by atoms with Gasteiger partial charge in [-0.05, 0) is 81.8 Å². The van der Waals surface area contributed by atoms with Gasteiger partial charge in [0.1, 0.15) is 0 Å². The normalized spacial score (nSPS) is 17.0. The SMILES string of the molecule is CCc1cc(C(=O)Nc2ccc(C(=O)N3CCCCC3C)cc2C)sc1C. The molecule has 5 heteroatoms. The van der Waals surface area contributed by atoms with E-state index < -0.39 is 0 Å². The summed E-state index contributed by atoms with van der Waals surface area (Å²) >= 11 is 1.53. The lowest BCUT2D eigenvalue weighted by atomic mass is 10.0. The van der Waals surface area contributed by atoms with Crippen molar-refractivity contribution in [2.75, 3.05) is 11.9 Å². The van der Waals surface area contributed by atoms with Gasteiger partial charge in [0.25, 0.3) is 11.8 Å². The van der Waals surface area contributed by atoms with E-state index in [-0.39, 0.29) is 11.8 Å². The molecule has 0 aliphatic carbocycles. The Morgan fingerprint density at radius 3 is 2.63 bits per heavy atom. The molecule has 3 rings (SSSR count). The zero-order valence-corrected chi connectivity index (χ0v) is 17.4. The molecule has 2 amide bonds. The lowest BCUT2D eigenvalue weighted by Gasteiger charge is -2.33. The van der Waals surface area contributed by atoms with E-state index in [1.54, 1.807) is 0 Å². The molecular formula is C22H28N2O2S. The van der Waals surface area contributed by atoms with Crippen LogP contribution >= 0.6 is 11.3 Å². The van der Waals surface area contributed by atoms with Gasteiger partial charge in [-0.2, -0.15) is 0 Å². The molecule has 1 aliphatic rings. The molecule has 2 aromatic rings. The summed E-state index contributed by atoms with van der Waals surface area (Å²) in [6.45, 7) is 9.03. The molecule has 1 atom stereocenters. The van der Waals surface area contributed by atoms with E-state index in [9.17, 15) is 9.59 Å². The maximum atomic E-state index is 12.8. The number of nitrogens with zero attached hydrogens (tertiary/aromatic N) is 1. The average Bonchev–Trinajstić information content (AvgIpc) is 3.04. The highest BCUT2D eigenvalue weighted by molar-refractivity contribution is 7.14. The fourth-order valence-electron chi connectivity index (χ4n) is 3.67. The molecule has 1 aromatic carbocycles. The molecule has 1 unspecified atom stereocenters. The zero-order chi connectivity index (χ0) is 19.6. The minimum absolute atomic E-state index is 0.0876. The Morgan fingerprint density at radius 2 is 2.00 bits per heavy atom. The van der Waals surface area contributed by atoms with Gasteiger partial charge in [-0.3, -0.25) is 9.59 Å².